The molecule has 7 nitrogen and oxygen atoms in total. The lowest BCUT2D eigenvalue weighted by Crippen LogP contribution is -2.46. The number of aromatic nitrogens is 1. The molecule has 1 aliphatic carbocycles. The first-order valence-corrected chi connectivity index (χ1v) is 16.4. The smallest absolute Gasteiger partial charge is 0.166 e. The molecule has 9 heteroatoms. The van der Waals surface area contributed by atoms with Crippen LogP contribution in [0.25, 0.3) is 10.9 Å². The molecule has 0 amide bonds. The molecule has 47 heavy (non-hydrogen) atoms. The molecular formula is C38H40F2N2O5. The molecule has 0 bridgehead atoms. The molecule has 0 spiro atoms. The fraction of sp³-hybridized carbons (Fsp3) is 0.395. The van der Waals surface area contributed by atoms with Crippen LogP contribution in [-0.4, -0.2) is 54.8 Å². The van der Waals surface area contributed by atoms with E-state index < -0.39 is 11.2 Å². The van der Waals surface area contributed by atoms with Crippen molar-refractivity contribution in [1.82, 2.24) is 9.88 Å². The van der Waals surface area contributed by atoms with Gasteiger partial charge in [-0.1, -0.05) is 31.0 Å². The summed E-state index contributed by atoms with van der Waals surface area (Å²) >= 11 is 0. The first kappa shape index (κ1) is 32.6. The molecule has 1 aromatic heterocycles. The number of nitrogens with zero attached hydrogens (tertiary/aromatic N) is 2. The van der Waals surface area contributed by atoms with E-state index in [9.17, 15) is 14.0 Å². The summed E-state index contributed by atoms with van der Waals surface area (Å²) in [6, 6.07) is 15.4. The Kier molecular flexibility index (Phi) is 10.1. The Hall–Kier alpha value is -4.37. The van der Waals surface area contributed by atoms with Crippen LogP contribution in [0, 0.1) is 17.0 Å². The molecule has 1 aliphatic heterocycles. The number of hydrogen-bond acceptors (Lipinski definition) is 7. The summed E-state index contributed by atoms with van der Waals surface area (Å²) in [5.41, 5.74) is 0.665. The van der Waals surface area contributed by atoms with Gasteiger partial charge in [0.05, 0.1) is 24.6 Å². The summed E-state index contributed by atoms with van der Waals surface area (Å²) in [5, 5.41) is 0.635. The molecule has 0 radical (unpaired) electrons. The summed E-state index contributed by atoms with van der Waals surface area (Å²) in [5.74, 6) is 0.109. The van der Waals surface area contributed by atoms with Crippen LogP contribution in [0.1, 0.15) is 56.1 Å². The molecular weight excluding hydrogens is 602 g/mol. The molecule has 3 aromatic carbocycles. The number of hydrogen-bond donors (Lipinski definition) is 0. The SMILES string of the molecule is COc1cc2c(Oc3ccc(CC(=O)C4(C(=O)Cc5ccc(F)cc5)CCC4)cc3F)ccnc2cc1OCCCN1CCCCC1. The minimum atomic E-state index is -1.08. The normalized spacial score (nSPS) is 16.0. The average Bonchev–Trinajstić information content (AvgIpc) is 3.05. The summed E-state index contributed by atoms with van der Waals surface area (Å²) in [7, 11) is 1.57. The van der Waals surface area contributed by atoms with Gasteiger partial charge in [0.15, 0.2) is 34.6 Å². The van der Waals surface area contributed by atoms with E-state index in [1.54, 1.807) is 49.7 Å². The number of ether oxygens (including phenoxy) is 3. The van der Waals surface area contributed by atoms with Crippen molar-refractivity contribution in [1.29, 1.82) is 0 Å². The average molecular weight is 643 g/mol. The second kappa shape index (κ2) is 14.6. The molecule has 246 valence electrons. The first-order chi connectivity index (χ1) is 22.8. The standard InChI is InChI=1S/C38H40F2N2O5/c1-45-34-24-29-31(25-35(34)46-20-6-19-42-17-3-2-4-18-42)41-16-13-32(29)47-33-12-9-27(21-30(33)40)23-37(44)38(14-5-15-38)36(43)22-26-7-10-28(39)11-8-26/h7-13,16,21,24-25H,2-6,14-15,17-20,22-23H2,1H3. The number of carbonyl (C=O) groups excluding carboxylic acids is 2. The zero-order chi connectivity index (χ0) is 32.8. The molecule has 6 rings (SSSR count). The van der Waals surface area contributed by atoms with Crippen molar-refractivity contribution in [3.63, 3.8) is 0 Å². The van der Waals surface area contributed by atoms with Crippen molar-refractivity contribution in [3.8, 4) is 23.0 Å². The van der Waals surface area contributed by atoms with Crippen LogP contribution in [0.2, 0.25) is 0 Å². The number of carbonyl (C=O) groups is 2. The third-order valence-electron chi connectivity index (χ3n) is 9.45. The van der Waals surface area contributed by atoms with E-state index in [1.807, 2.05) is 0 Å². The van der Waals surface area contributed by atoms with E-state index in [0.29, 0.717) is 58.7 Å². The van der Waals surface area contributed by atoms with Crippen LogP contribution in [0.4, 0.5) is 8.78 Å². The van der Waals surface area contributed by atoms with Gasteiger partial charge in [-0.15, -0.1) is 0 Å². The van der Waals surface area contributed by atoms with Gasteiger partial charge in [0, 0.05) is 37.0 Å². The highest BCUT2D eigenvalue weighted by molar-refractivity contribution is 6.09. The van der Waals surface area contributed by atoms with Gasteiger partial charge in [-0.2, -0.15) is 0 Å². The lowest BCUT2D eigenvalue weighted by molar-refractivity contribution is -0.145. The Morgan fingerprint density at radius 3 is 2.21 bits per heavy atom. The molecule has 1 saturated carbocycles. The quantitative estimate of drug-likeness (QED) is 0.103. The van der Waals surface area contributed by atoms with Crippen LogP contribution < -0.4 is 14.2 Å². The Morgan fingerprint density at radius 1 is 0.809 bits per heavy atom. The molecule has 0 N–H and O–H groups in total. The van der Waals surface area contributed by atoms with Gasteiger partial charge in [-0.25, -0.2) is 8.78 Å². The van der Waals surface area contributed by atoms with Crippen molar-refractivity contribution >= 4 is 22.5 Å². The highest BCUT2D eigenvalue weighted by Crippen LogP contribution is 2.44. The zero-order valence-corrected chi connectivity index (χ0v) is 26.7. The number of benzene rings is 3. The maximum Gasteiger partial charge on any atom is 0.166 e. The minimum Gasteiger partial charge on any atom is -0.493 e. The van der Waals surface area contributed by atoms with Gasteiger partial charge in [0.25, 0.3) is 0 Å². The number of ketones is 2. The lowest BCUT2D eigenvalue weighted by Gasteiger charge is -2.39. The molecule has 2 heterocycles. The first-order valence-electron chi connectivity index (χ1n) is 16.4. The number of fused-ring (bicyclic) bond motifs is 1. The molecule has 4 aromatic rings. The summed E-state index contributed by atoms with van der Waals surface area (Å²) in [6.07, 6.45) is 8.04. The minimum absolute atomic E-state index is 0.00329. The number of halogens is 2. The van der Waals surface area contributed by atoms with E-state index in [2.05, 4.69) is 9.88 Å². The highest BCUT2D eigenvalue weighted by atomic mass is 19.1. The van der Waals surface area contributed by atoms with Gasteiger partial charge >= 0.3 is 0 Å². The number of methoxy groups -OCH3 is 1. The van der Waals surface area contributed by atoms with Crippen molar-refractivity contribution < 1.29 is 32.6 Å². The zero-order valence-electron chi connectivity index (χ0n) is 26.7. The Morgan fingerprint density at radius 2 is 1.53 bits per heavy atom. The molecule has 1 saturated heterocycles. The summed E-state index contributed by atoms with van der Waals surface area (Å²) in [6.45, 7) is 3.85. The molecule has 2 fully saturated rings. The molecule has 2 aliphatic rings. The van der Waals surface area contributed by atoms with Crippen molar-refractivity contribution in [2.75, 3.05) is 33.4 Å². The Bertz CT molecular complexity index is 1730. The largest absolute Gasteiger partial charge is 0.493 e. The second-order valence-corrected chi connectivity index (χ2v) is 12.6. The van der Waals surface area contributed by atoms with E-state index in [4.69, 9.17) is 14.2 Å². The van der Waals surface area contributed by atoms with Gasteiger partial charge in [-0.05, 0) is 92.7 Å². The third kappa shape index (κ3) is 7.46. The van der Waals surface area contributed by atoms with Crippen LogP contribution in [0.5, 0.6) is 23.0 Å². The van der Waals surface area contributed by atoms with E-state index in [-0.39, 0.29) is 36.0 Å². The van der Waals surface area contributed by atoms with E-state index in [0.717, 1.165) is 32.5 Å². The van der Waals surface area contributed by atoms with E-state index >= 15 is 4.39 Å². The molecule has 0 atom stereocenters. The number of likely N-dealkylation sites (tertiary alicyclic amines) is 1. The van der Waals surface area contributed by atoms with E-state index in [1.165, 1.54) is 43.5 Å². The predicted molar refractivity (Wildman–Crippen MR) is 175 cm³/mol. The fourth-order valence-electron chi connectivity index (χ4n) is 6.55. The van der Waals surface area contributed by atoms with Crippen molar-refractivity contribution in [2.45, 2.75) is 57.8 Å². The van der Waals surface area contributed by atoms with Gasteiger partial charge < -0.3 is 19.1 Å². The Balaban J connectivity index is 1.11. The maximum absolute atomic E-state index is 15.4. The maximum atomic E-state index is 15.4. The number of Topliss-reactive ketones (excluding diaryl/α,β-unsaturated/α-hetero) is 2. The van der Waals surface area contributed by atoms with Crippen LogP contribution in [0.3, 0.4) is 0 Å². The van der Waals surface area contributed by atoms with Gasteiger partial charge in [-0.3, -0.25) is 14.6 Å². The third-order valence-corrected chi connectivity index (χ3v) is 9.45. The lowest BCUT2D eigenvalue weighted by atomic mass is 9.61. The van der Waals surface area contributed by atoms with Gasteiger partial charge in [0.1, 0.15) is 11.6 Å². The molecule has 0 unspecified atom stereocenters. The number of pyridine rings is 1. The number of piperidine rings is 1. The topological polar surface area (TPSA) is 78.0 Å². The van der Waals surface area contributed by atoms with Crippen molar-refractivity contribution in [3.05, 3.63) is 89.6 Å². The highest BCUT2D eigenvalue weighted by Gasteiger charge is 2.49. The second-order valence-electron chi connectivity index (χ2n) is 12.6. The van der Waals surface area contributed by atoms with Crippen LogP contribution >= 0.6 is 0 Å². The van der Waals surface area contributed by atoms with Crippen LogP contribution in [0.15, 0.2) is 66.9 Å². The van der Waals surface area contributed by atoms with Crippen molar-refractivity contribution in [2.24, 2.45) is 5.41 Å². The fourth-order valence-corrected chi connectivity index (χ4v) is 6.55. The van der Waals surface area contributed by atoms with Crippen LogP contribution in [-0.2, 0) is 22.4 Å². The monoisotopic (exact) mass is 642 g/mol. The number of rotatable bonds is 14. The van der Waals surface area contributed by atoms with Gasteiger partial charge in [0.2, 0.25) is 0 Å². The Labute approximate surface area is 273 Å². The summed E-state index contributed by atoms with van der Waals surface area (Å²) in [4.78, 5) is 33.6. The summed E-state index contributed by atoms with van der Waals surface area (Å²) < 4.78 is 46.4. The predicted octanol–water partition coefficient (Wildman–Crippen LogP) is 7.66.